The van der Waals surface area contributed by atoms with Gasteiger partial charge in [-0.05, 0) is 62.5 Å². The summed E-state index contributed by atoms with van der Waals surface area (Å²) in [6.45, 7) is 6.52. The molecule has 0 unspecified atom stereocenters. The van der Waals surface area contributed by atoms with Crippen LogP contribution in [0.3, 0.4) is 0 Å². The lowest BCUT2D eigenvalue weighted by Crippen LogP contribution is -2.52. The first-order valence-electron chi connectivity index (χ1n) is 14.6. The fraction of sp³-hybridized carbons (Fsp3) is 0.387. The van der Waals surface area contributed by atoms with E-state index in [4.69, 9.17) is 10.5 Å². The number of hydrogen-bond acceptors (Lipinski definition) is 10. The van der Waals surface area contributed by atoms with E-state index in [9.17, 15) is 4.39 Å². The number of pyridine rings is 1. The van der Waals surface area contributed by atoms with Gasteiger partial charge in [0.2, 0.25) is 0 Å². The Balaban J connectivity index is 1.21. The van der Waals surface area contributed by atoms with Crippen molar-refractivity contribution in [1.82, 2.24) is 29.5 Å². The van der Waals surface area contributed by atoms with Crippen LogP contribution < -0.4 is 20.7 Å². The Morgan fingerprint density at radius 1 is 0.977 bits per heavy atom. The molecule has 0 atom stereocenters. The monoisotopic (exact) mass is 603 g/mol. The van der Waals surface area contributed by atoms with Crippen molar-refractivity contribution in [2.24, 2.45) is 0 Å². The Labute approximate surface area is 256 Å². The van der Waals surface area contributed by atoms with Gasteiger partial charge < -0.3 is 25.6 Å². The summed E-state index contributed by atoms with van der Waals surface area (Å²) in [5.41, 5.74) is 10.6. The van der Waals surface area contributed by atoms with Crippen molar-refractivity contribution in [3.05, 3.63) is 60.5 Å². The second kappa shape index (κ2) is 12.8. The minimum atomic E-state index is -0.301. The smallest absolute Gasteiger partial charge is 0.195 e. The van der Waals surface area contributed by atoms with Crippen LogP contribution >= 0.6 is 11.8 Å². The van der Waals surface area contributed by atoms with Gasteiger partial charge in [-0.3, -0.25) is 9.47 Å². The number of methoxy groups -OCH3 is 1. The first-order valence-corrected chi connectivity index (χ1v) is 15.8. The highest BCUT2D eigenvalue weighted by atomic mass is 32.2. The zero-order valence-electron chi connectivity index (χ0n) is 24.8. The van der Waals surface area contributed by atoms with Gasteiger partial charge in [-0.2, -0.15) is 0 Å². The molecule has 12 heteroatoms. The molecule has 0 radical (unpaired) electrons. The molecule has 2 saturated heterocycles. The van der Waals surface area contributed by atoms with Crippen molar-refractivity contribution in [3.8, 4) is 22.8 Å². The Bertz CT molecular complexity index is 1550. The highest BCUT2D eigenvalue weighted by Crippen LogP contribution is 2.38. The van der Waals surface area contributed by atoms with Crippen molar-refractivity contribution >= 4 is 34.6 Å². The number of halogens is 1. The van der Waals surface area contributed by atoms with Gasteiger partial charge in [0.05, 0.1) is 29.9 Å². The number of rotatable bonds is 8. The highest BCUT2D eigenvalue weighted by molar-refractivity contribution is 7.98. The Morgan fingerprint density at radius 2 is 1.72 bits per heavy atom. The summed E-state index contributed by atoms with van der Waals surface area (Å²) in [6.07, 6.45) is 5.93. The number of nitrogens with two attached hydrogens (primary N) is 1. The first kappa shape index (κ1) is 29.2. The number of piperidine rings is 1. The maximum absolute atomic E-state index is 13.6. The summed E-state index contributed by atoms with van der Waals surface area (Å²) in [5.74, 6) is 1.62. The summed E-state index contributed by atoms with van der Waals surface area (Å²) in [5, 5.41) is 12.8. The summed E-state index contributed by atoms with van der Waals surface area (Å²) in [6, 6.07) is 14.6. The largest absolute Gasteiger partial charge is 0.494 e. The van der Waals surface area contributed by atoms with Gasteiger partial charge >= 0.3 is 0 Å². The van der Waals surface area contributed by atoms with E-state index in [1.807, 2.05) is 35.1 Å². The standard InChI is InChI=1S/C31H38FN9OS/c1-38-14-16-39(17-15-38)23-9-12-40(13-10-23)27-20-28(42-2)26(19-25(27)33)35-29-18-24(8-11-34-29)41-30(36-37-31(41)43-3)21-4-6-22(32)7-5-21/h4-8,11,18-20,23H,9-10,12-17,33H2,1-3H3,(H,34,35). The van der Waals surface area contributed by atoms with E-state index in [-0.39, 0.29) is 5.82 Å². The van der Waals surface area contributed by atoms with Gasteiger partial charge in [-0.1, -0.05) is 11.8 Å². The normalized spacial score (nSPS) is 16.9. The van der Waals surface area contributed by atoms with Gasteiger partial charge in [0.25, 0.3) is 0 Å². The minimum absolute atomic E-state index is 0.301. The number of anilines is 4. The number of aromatic nitrogens is 4. The molecule has 3 N–H and O–H groups in total. The maximum Gasteiger partial charge on any atom is 0.195 e. The third-order valence-electron chi connectivity index (χ3n) is 8.39. The summed E-state index contributed by atoms with van der Waals surface area (Å²) >= 11 is 1.48. The molecule has 226 valence electrons. The molecule has 0 aliphatic carbocycles. The van der Waals surface area contributed by atoms with Crippen LogP contribution in [-0.2, 0) is 0 Å². The van der Waals surface area contributed by atoms with Crippen molar-refractivity contribution in [2.75, 3.05) is 75.6 Å². The van der Waals surface area contributed by atoms with Gasteiger partial charge in [-0.25, -0.2) is 9.37 Å². The number of benzene rings is 2. The number of nitrogen functional groups attached to an aromatic ring is 1. The molecule has 4 heterocycles. The van der Waals surface area contributed by atoms with Crippen LogP contribution in [0.15, 0.2) is 59.9 Å². The van der Waals surface area contributed by atoms with E-state index < -0.39 is 0 Å². The van der Waals surface area contributed by atoms with Crippen LogP contribution in [0.2, 0.25) is 0 Å². The summed E-state index contributed by atoms with van der Waals surface area (Å²) in [7, 11) is 3.87. The van der Waals surface area contributed by atoms with Crippen LogP contribution in [0, 0.1) is 5.82 Å². The molecular weight excluding hydrogens is 565 g/mol. The zero-order chi connectivity index (χ0) is 29.9. The third kappa shape index (κ3) is 6.27. The summed E-state index contributed by atoms with van der Waals surface area (Å²) in [4.78, 5) is 12.0. The lowest BCUT2D eigenvalue weighted by atomic mass is 10.0. The van der Waals surface area contributed by atoms with Crippen molar-refractivity contribution in [1.29, 1.82) is 0 Å². The molecule has 2 aromatic carbocycles. The number of hydrogen-bond donors (Lipinski definition) is 2. The molecule has 0 saturated carbocycles. The van der Waals surface area contributed by atoms with Crippen molar-refractivity contribution < 1.29 is 9.13 Å². The molecule has 2 fully saturated rings. The fourth-order valence-corrected chi connectivity index (χ4v) is 6.47. The molecule has 4 aromatic rings. The first-order chi connectivity index (χ1) is 20.9. The topological polar surface area (TPSA) is 101 Å². The molecule has 2 aromatic heterocycles. The van der Waals surface area contributed by atoms with Gasteiger partial charge in [-0.15, -0.1) is 10.2 Å². The van der Waals surface area contributed by atoms with Gasteiger partial charge in [0.15, 0.2) is 11.0 Å². The van der Waals surface area contributed by atoms with Gasteiger partial charge in [0.1, 0.15) is 17.4 Å². The molecule has 0 bridgehead atoms. The summed E-state index contributed by atoms with van der Waals surface area (Å²) < 4.78 is 21.3. The lowest BCUT2D eigenvalue weighted by molar-refractivity contribution is 0.0982. The molecule has 43 heavy (non-hydrogen) atoms. The second-order valence-corrected chi connectivity index (χ2v) is 11.8. The Hall–Kier alpha value is -3.87. The molecule has 10 nitrogen and oxygen atoms in total. The average Bonchev–Trinajstić information content (AvgIpc) is 3.47. The number of thioether (sulfide) groups is 1. The van der Waals surface area contributed by atoms with E-state index in [0.717, 1.165) is 74.7 Å². The lowest BCUT2D eigenvalue weighted by Gasteiger charge is -2.42. The molecular formula is C31H38FN9OS. The highest BCUT2D eigenvalue weighted by Gasteiger charge is 2.28. The van der Waals surface area contributed by atoms with Crippen LogP contribution in [0.25, 0.3) is 17.1 Å². The van der Waals surface area contributed by atoms with Crippen LogP contribution in [-0.4, -0.2) is 95.3 Å². The average molecular weight is 604 g/mol. The molecule has 6 rings (SSSR count). The van der Waals surface area contributed by atoms with Crippen LogP contribution in [0.5, 0.6) is 5.75 Å². The predicted molar refractivity (Wildman–Crippen MR) is 171 cm³/mol. The van der Waals surface area contributed by atoms with E-state index in [0.29, 0.717) is 34.3 Å². The molecule has 0 amide bonds. The molecule has 2 aliphatic heterocycles. The molecule has 2 aliphatic rings. The number of likely N-dealkylation sites (N-methyl/N-ethyl adjacent to an activating group) is 1. The van der Waals surface area contributed by atoms with E-state index in [1.54, 1.807) is 25.4 Å². The van der Waals surface area contributed by atoms with E-state index in [2.05, 4.69) is 42.2 Å². The predicted octanol–water partition coefficient (Wildman–Crippen LogP) is 4.74. The number of piperazine rings is 1. The Morgan fingerprint density at radius 3 is 2.42 bits per heavy atom. The quantitative estimate of drug-likeness (QED) is 0.217. The zero-order valence-corrected chi connectivity index (χ0v) is 25.6. The SMILES string of the molecule is COc1cc(N2CCC(N3CCN(C)CC3)CC2)c(N)cc1Nc1cc(-n2c(SC)nnc2-c2ccc(F)cc2)ccn1. The number of nitrogens with zero attached hydrogens (tertiary/aromatic N) is 7. The van der Waals surface area contributed by atoms with Crippen LogP contribution in [0.4, 0.5) is 27.3 Å². The third-order valence-corrected chi connectivity index (χ3v) is 9.02. The second-order valence-electron chi connectivity index (χ2n) is 11.0. The van der Waals surface area contributed by atoms with Crippen molar-refractivity contribution in [3.63, 3.8) is 0 Å². The minimum Gasteiger partial charge on any atom is -0.494 e. The van der Waals surface area contributed by atoms with Crippen molar-refractivity contribution in [2.45, 2.75) is 24.0 Å². The van der Waals surface area contributed by atoms with Gasteiger partial charge in [0, 0.05) is 69.2 Å². The molecule has 0 spiro atoms. The van der Waals surface area contributed by atoms with Crippen LogP contribution in [0.1, 0.15) is 12.8 Å². The fourth-order valence-electron chi connectivity index (χ4n) is 5.97. The number of nitrogens with one attached hydrogen (secondary N) is 1. The van der Waals surface area contributed by atoms with E-state index >= 15 is 0 Å². The number of ether oxygens (including phenoxy) is 1. The maximum atomic E-state index is 13.6. The Kier molecular flexibility index (Phi) is 8.68. The van der Waals surface area contributed by atoms with E-state index in [1.165, 1.54) is 23.9 Å².